The fraction of sp³-hybridized carbons (Fsp3) is 0.412. The third kappa shape index (κ3) is 3.05. The summed E-state index contributed by atoms with van der Waals surface area (Å²) in [5, 5.41) is 15.2. The molecule has 1 aliphatic rings. The van der Waals surface area contributed by atoms with Crippen LogP contribution in [0.2, 0.25) is 0 Å². The molecule has 2 atom stereocenters. The van der Waals surface area contributed by atoms with E-state index < -0.39 is 6.10 Å². The van der Waals surface area contributed by atoms with Gasteiger partial charge < -0.3 is 10.4 Å². The van der Waals surface area contributed by atoms with Gasteiger partial charge in [0, 0.05) is 10.9 Å². The lowest BCUT2D eigenvalue weighted by atomic mass is 10.0. The van der Waals surface area contributed by atoms with Crippen LogP contribution in [0.5, 0.6) is 0 Å². The predicted molar refractivity (Wildman–Crippen MR) is 89.0 cm³/mol. The van der Waals surface area contributed by atoms with E-state index in [2.05, 4.69) is 42.3 Å². The van der Waals surface area contributed by atoms with Gasteiger partial charge in [0.25, 0.3) is 0 Å². The zero-order valence-electron chi connectivity index (χ0n) is 12.8. The summed E-state index contributed by atoms with van der Waals surface area (Å²) in [5.74, 6) is -0.417. The smallest absolute Gasteiger partial charge is 0.231 e. The first-order valence-electron chi connectivity index (χ1n) is 7.56. The van der Waals surface area contributed by atoms with Crippen molar-refractivity contribution in [2.75, 3.05) is 5.32 Å². The van der Waals surface area contributed by atoms with Crippen LogP contribution in [0, 0.1) is 19.8 Å². The molecule has 0 saturated heterocycles. The van der Waals surface area contributed by atoms with Crippen LogP contribution < -0.4 is 5.32 Å². The van der Waals surface area contributed by atoms with Crippen LogP contribution in [0.1, 0.15) is 30.4 Å². The van der Waals surface area contributed by atoms with E-state index in [-0.39, 0.29) is 11.8 Å². The van der Waals surface area contributed by atoms with Crippen LogP contribution in [0.25, 0.3) is 11.3 Å². The van der Waals surface area contributed by atoms with Crippen molar-refractivity contribution in [2.45, 2.75) is 39.2 Å². The number of carbonyl (C=O) groups excluding carboxylic acids is 1. The van der Waals surface area contributed by atoms with Gasteiger partial charge in [-0.2, -0.15) is 0 Å². The normalized spacial score (nSPS) is 21.0. The highest BCUT2D eigenvalue weighted by atomic mass is 32.1. The Labute approximate surface area is 134 Å². The van der Waals surface area contributed by atoms with Crippen molar-refractivity contribution in [3.05, 3.63) is 34.7 Å². The second-order valence-corrected chi connectivity index (χ2v) is 6.81. The number of nitrogens with one attached hydrogen (secondary N) is 1. The molecule has 2 unspecified atom stereocenters. The van der Waals surface area contributed by atoms with E-state index in [4.69, 9.17) is 0 Å². The van der Waals surface area contributed by atoms with Crippen molar-refractivity contribution in [2.24, 2.45) is 5.92 Å². The largest absolute Gasteiger partial charge is 0.392 e. The first-order valence-corrected chi connectivity index (χ1v) is 8.44. The highest BCUT2D eigenvalue weighted by Gasteiger charge is 2.31. The Balaban J connectivity index is 1.75. The number of hydrogen-bond donors (Lipinski definition) is 2. The minimum absolute atomic E-state index is 0.119. The highest BCUT2D eigenvalue weighted by Crippen LogP contribution is 2.30. The first kappa shape index (κ1) is 15.2. The summed E-state index contributed by atoms with van der Waals surface area (Å²) in [5.41, 5.74) is 4.36. The minimum atomic E-state index is -0.515. The molecular weight excluding hydrogens is 296 g/mol. The van der Waals surface area contributed by atoms with Crippen LogP contribution in [0.4, 0.5) is 5.13 Å². The molecule has 0 radical (unpaired) electrons. The molecule has 2 aromatic rings. The number of aliphatic hydroxyl groups excluding tert-OH is 1. The van der Waals surface area contributed by atoms with Gasteiger partial charge in [0.15, 0.2) is 5.13 Å². The third-order valence-corrected chi connectivity index (χ3v) is 4.97. The lowest BCUT2D eigenvalue weighted by molar-refractivity contribution is -0.122. The molecule has 0 spiro atoms. The standard InChI is InChI=1S/C17H20N2O2S/c1-10-6-7-12(11(2)8-10)14-9-22-17(18-14)19-16(21)13-4-3-5-15(13)20/h6-9,13,15,20H,3-5H2,1-2H3,(H,18,19,21). The molecule has 1 fully saturated rings. The zero-order chi connectivity index (χ0) is 15.7. The number of aliphatic hydroxyl groups is 1. The Bertz CT molecular complexity index is 696. The maximum Gasteiger partial charge on any atom is 0.231 e. The number of aromatic nitrogens is 1. The summed E-state index contributed by atoms with van der Waals surface area (Å²) in [6, 6.07) is 6.25. The number of amides is 1. The number of nitrogens with zero attached hydrogens (tertiary/aromatic N) is 1. The number of hydrogen-bond acceptors (Lipinski definition) is 4. The zero-order valence-corrected chi connectivity index (χ0v) is 13.6. The fourth-order valence-corrected chi connectivity index (χ4v) is 3.71. The highest BCUT2D eigenvalue weighted by molar-refractivity contribution is 7.14. The van der Waals surface area contributed by atoms with E-state index in [0.717, 1.165) is 24.1 Å². The first-order chi connectivity index (χ1) is 10.5. The Hall–Kier alpha value is -1.72. The van der Waals surface area contributed by atoms with Gasteiger partial charge in [-0.1, -0.05) is 23.8 Å². The van der Waals surface area contributed by atoms with Crippen LogP contribution in [0.15, 0.2) is 23.6 Å². The van der Waals surface area contributed by atoms with Crippen LogP contribution in [-0.2, 0) is 4.79 Å². The maximum atomic E-state index is 12.2. The number of rotatable bonds is 3. The van der Waals surface area contributed by atoms with E-state index in [1.165, 1.54) is 22.5 Å². The van der Waals surface area contributed by atoms with Crippen molar-refractivity contribution < 1.29 is 9.90 Å². The Morgan fingerprint density at radius 2 is 2.18 bits per heavy atom. The topological polar surface area (TPSA) is 62.2 Å². The third-order valence-electron chi connectivity index (χ3n) is 4.21. The number of carbonyl (C=O) groups is 1. The Kier molecular flexibility index (Phi) is 4.27. The average molecular weight is 316 g/mol. The molecule has 1 aliphatic carbocycles. The van der Waals surface area contributed by atoms with Crippen molar-refractivity contribution >= 4 is 22.4 Å². The molecule has 2 N–H and O–H groups in total. The molecule has 3 rings (SSSR count). The number of benzene rings is 1. The average Bonchev–Trinajstić information content (AvgIpc) is 3.08. The summed E-state index contributed by atoms with van der Waals surface area (Å²) in [4.78, 5) is 16.7. The van der Waals surface area contributed by atoms with Gasteiger partial charge in [0.2, 0.25) is 5.91 Å². The summed E-state index contributed by atoms with van der Waals surface area (Å²) in [7, 11) is 0. The van der Waals surface area contributed by atoms with E-state index in [9.17, 15) is 9.90 Å². The number of anilines is 1. The maximum absolute atomic E-state index is 12.2. The number of thiazole rings is 1. The van der Waals surface area contributed by atoms with Crippen molar-refractivity contribution in [3.63, 3.8) is 0 Å². The van der Waals surface area contributed by atoms with Crippen molar-refractivity contribution in [1.82, 2.24) is 4.98 Å². The van der Waals surface area contributed by atoms with Gasteiger partial charge >= 0.3 is 0 Å². The van der Waals surface area contributed by atoms with Crippen molar-refractivity contribution in [1.29, 1.82) is 0 Å². The van der Waals surface area contributed by atoms with Crippen LogP contribution >= 0.6 is 11.3 Å². The van der Waals surface area contributed by atoms with Gasteiger partial charge in [0.1, 0.15) is 0 Å². The molecular formula is C17H20N2O2S. The van der Waals surface area contributed by atoms with Crippen LogP contribution in [0.3, 0.4) is 0 Å². The van der Waals surface area contributed by atoms with E-state index in [0.29, 0.717) is 11.6 Å². The lowest BCUT2D eigenvalue weighted by Crippen LogP contribution is -2.28. The number of aryl methyl sites for hydroxylation is 2. The molecule has 0 bridgehead atoms. The Morgan fingerprint density at radius 3 is 2.86 bits per heavy atom. The second kappa shape index (κ2) is 6.18. The quantitative estimate of drug-likeness (QED) is 0.910. The van der Waals surface area contributed by atoms with E-state index in [1.54, 1.807) is 0 Å². The monoisotopic (exact) mass is 316 g/mol. The Morgan fingerprint density at radius 1 is 1.36 bits per heavy atom. The molecule has 116 valence electrons. The summed E-state index contributed by atoms with van der Waals surface area (Å²) in [6.45, 7) is 4.13. The van der Waals surface area contributed by atoms with Gasteiger partial charge in [0.05, 0.1) is 17.7 Å². The summed E-state index contributed by atoms with van der Waals surface area (Å²) in [6.07, 6.45) is 1.86. The summed E-state index contributed by atoms with van der Waals surface area (Å²) >= 11 is 1.42. The minimum Gasteiger partial charge on any atom is -0.392 e. The SMILES string of the molecule is Cc1ccc(-c2csc(NC(=O)C3CCCC3O)n2)c(C)c1. The molecule has 4 nitrogen and oxygen atoms in total. The molecule has 1 amide bonds. The van der Waals surface area contributed by atoms with Gasteiger partial charge in [-0.15, -0.1) is 11.3 Å². The molecule has 1 heterocycles. The molecule has 1 aromatic carbocycles. The van der Waals surface area contributed by atoms with Crippen LogP contribution in [-0.4, -0.2) is 22.1 Å². The van der Waals surface area contributed by atoms with E-state index >= 15 is 0 Å². The predicted octanol–water partition coefficient (Wildman–Crippen LogP) is 3.53. The van der Waals surface area contributed by atoms with Gasteiger partial charge in [-0.3, -0.25) is 4.79 Å². The van der Waals surface area contributed by atoms with Gasteiger partial charge in [-0.05, 0) is 38.7 Å². The molecule has 5 heteroatoms. The fourth-order valence-electron chi connectivity index (χ4n) is 3.00. The van der Waals surface area contributed by atoms with E-state index in [1.807, 2.05) is 5.38 Å². The van der Waals surface area contributed by atoms with Gasteiger partial charge in [-0.25, -0.2) is 4.98 Å². The van der Waals surface area contributed by atoms with Crippen molar-refractivity contribution in [3.8, 4) is 11.3 Å². The molecule has 1 saturated carbocycles. The lowest BCUT2D eigenvalue weighted by Gasteiger charge is -2.12. The molecule has 0 aliphatic heterocycles. The molecule has 1 aromatic heterocycles. The summed E-state index contributed by atoms with van der Waals surface area (Å²) < 4.78 is 0. The molecule has 22 heavy (non-hydrogen) atoms. The second-order valence-electron chi connectivity index (χ2n) is 5.95.